The van der Waals surface area contributed by atoms with Crippen LogP contribution in [0, 0.1) is 24.7 Å². The van der Waals surface area contributed by atoms with E-state index in [-0.39, 0.29) is 17.9 Å². The van der Waals surface area contributed by atoms with E-state index in [9.17, 15) is 15.0 Å². The highest BCUT2D eigenvalue weighted by molar-refractivity contribution is 5.75. The van der Waals surface area contributed by atoms with Gasteiger partial charge in [0.25, 0.3) is 0 Å². The van der Waals surface area contributed by atoms with Crippen LogP contribution in [0.1, 0.15) is 56.6 Å². The molecule has 31 heavy (non-hydrogen) atoms. The monoisotopic (exact) mass is 425 g/mol. The molecule has 5 atom stereocenters. The number of nitrogens with zero attached hydrogens (tertiary/aromatic N) is 1. The van der Waals surface area contributed by atoms with Crippen LogP contribution in [0.5, 0.6) is 0 Å². The number of rotatable bonds is 9. The van der Waals surface area contributed by atoms with Crippen molar-refractivity contribution in [2.24, 2.45) is 17.8 Å². The van der Waals surface area contributed by atoms with E-state index in [1.807, 2.05) is 19.1 Å². The number of allylic oxidation sites excluding steroid dienone is 2. The zero-order valence-corrected chi connectivity index (χ0v) is 19.6. The van der Waals surface area contributed by atoms with E-state index in [1.54, 1.807) is 19.0 Å². The van der Waals surface area contributed by atoms with Crippen molar-refractivity contribution in [1.29, 1.82) is 0 Å². The standard InChI is InChI=1S/C27H39NO3/c1-19-8-7-10-21(14-19)18-27(2,31)13-12-23-24-16-20(15-22(24)17-25(23)29)9-5-6-11-26(30)28(3)4/h7-8,10,12-15,22-25,29,31H,5-6,9,11,16-18H2,1-4H3/b13-12+/t22-,23+,24-,25+,27-/m0/s1. The maximum Gasteiger partial charge on any atom is 0.222 e. The van der Waals surface area contributed by atoms with Crippen LogP contribution in [0.15, 0.2) is 48.1 Å². The molecular weight excluding hydrogens is 386 g/mol. The molecule has 1 fully saturated rings. The van der Waals surface area contributed by atoms with Gasteiger partial charge in [0.15, 0.2) is 0 Å². The first kappa shape index (κ1) is 23.7. The number of aliphatic hydroxyl groups is 2. The second kappa shape index (κ2) is 10.1. The van der Waals surface area contributed by atoms with Gasteiger partial charge in [-0.1, -0.05) is 53.6 Å². The molecule has 1 amide bonds. The van der Waals surface area contributed by atoms with E-state index in [2.05, 4.69) is 37.3 Å². The number of aryl methyl sites for hydroxylation is 1. The third-order valence-corrected chi connectivity index (χ3v) is 6.91. The molecule has 0 saturated heterocycles. The first-order valence-electron chi connectivity index (χ1n) is 11.7. The molecule has 2 N–H and O–H groups in total. The van der Waals surface area contributed by atoms with Gasteiger partial charge in [0.05, 0.1) is 11.7 Å². The molecule has 0 aliphatic heterocycles. The number of hydrogen-bond acceptors (Lipinski definition) is 3. The second-order valence-electron chi connectivity index (χ2n) is 10.1. The minimum absolute atomic E-state index is 0.0954. The van der Waals surface area contributed by atoms with Crippen LogP contribution in [0.25, 0.3) is 0 Å². The Morgan fingerprint density at radius 2 is 2.06 bits per heavy atom. The Balaban J connectivity index is 1.52. The molecule has 1 aromatic rings. The molecule has 4 nitrogen and oxygen atoms in total. The molecule has 0 radical (unpaired) electrons. The van der Waals surface area contributed by atoms with E-state index < -0.39 is 5.60 Å². The van der Waals surface area contributed by atoms with Crippen molar-refractivity contribution in [3.05, 3.63) is 59.2 Å². The van der Waals surface area contributed by atoms with Crippen LogP contribution in [0.3, 0.4) is 0 Å². The summed E-state index contributed by atoms with van der Waals surface area (Å²) in [6.45, 7) is 3.91. The number of amides is 1. The lowest BCUT2D eigenvalue weighted by atomic mass is 9.86. The molecule has 1 aromatic carbocycles. The van der Waals surface area contributed by atoms with Crippen molar-refractivity contribution in [3.63, 3.8) is 0 Å². The fraction of sp³-hybridized carbons (Fsp3) is 0.593. The van der Waals surface area contributed by atoms with Crippen LogP contribution in [-0.2, 0) is 11.2 Å². The van der Waals surface area contributed by atoms with Crippen molar-refractivity contribution in [3.8, 4) is 0 Å². The number of unbranched alkanes of at least 4 members (excludes halogenated alkanes) is 1. The number of fused-ring (bicyclic) bond motifs is 1. The summed E-state index contributed by atoms with van der Waals surface area (Å²) in [6.07, 6.45) is 12.0. The predicted molar refractivity (Wildman–Crippen MR) is 126 cm³/mol. The SMILES string of the molecule is Cc1cccc(C[C@@](C)(O)/C=C/[C@@H]2[C@H]3CC(CCCCC(=O)N(C)C)=C[C@H]3C[C@H]2O)c1. The van der Waals surface area contributed by atoms with Crippen molar-refractivity contribution in [2.45, 2.75) is 70.5 Å². The normalized spacial score (nSPS) is 27.2. The summed E-state index contributed by atoms with van der Waals surface area (Å²) in [5, 5.41) is 21.5. The quantitative estimate of drug-likeness (QED) is 0.454. The number of aliphatic hydroxyl groups excluding tert-OH is 1. The zero-order chi connectivity index (χ0) is 22.6. The average molecular weight is 426 g/mol. The Morgan fingerprint density at radius 1 is 1.29 bits per heavy atom. The topological polar surface area (TPSA) is 60.8 Å². The molecule has 0 heterocycles. The Morgan fingerprint density at radius 3 is 2.77 bits per heavy atom. The van der Waals surface area contributed by atoms with Gasteiger partial charge < -0.3 is 15.1 Å². The van der Waals surface area contributed by atoms with Crippen LogP contribution >= 0.6 is 0 Å². The Hall–Kier alpha value is -1.91. The summed E-state index contributed by atoms with van der Waals surface area (Å²) in [5.41, 5.74) is 2.86. The number of carbonyl (C=O) groups excluding carboxylic acids is 1. The van der Waals surface area contributed by atoms with Crippen molar-refractivity contribution in [1.82, 2.24) is 4.90 Å². The lowest BCUT2D eigenvalue weighted by molar-refractivity contribution is -0.128. The third-order valence-electron chi connectivity index (χ3n) is 6.91. The first-order valence-corrected chi connectivity index (χ1v) is 11.7. The predicted octanol–water partition coefficient (Wildman–Crippen LogP) is 4.44. The molecule has 1 saturated carbocycles. The van der Waals surface area contributed by atoms with Crippen LogP contribution in [-0.4, -0.2) is 46.8 Å². The Bertz CT molecular complexity index is 824. The summed E-state index contributed by atoms with van der Waals surface area (Å²) >= 11 is 0. The summed E-state index contributed by atoms with van der Waals surface area (Å²) in [7, 11) is 3.61. The van der Waals surface area contributed by atoms with Gasteiger partial charge in [-0.05, 0) is 63.4 Å². The van der Waals surface area contributed by atoms with Crippen LogP contribution in [0.2, 0.25) is 0 Å². The van der Waals surface area contributed by atoms with Gasteiger partial charge in [0.2, 0.25) is 5.91 Å². The summed E-state index contributed by atoms with van der Waals surface area (Å²) in [5.74, 6) is 1.16. The van der Waals surface area contributed by atoms with Gasteiger partial charge in [0.1, 0.15) is 0 Å². The molecule has 3 rings (SSSR count). The number of hydrogen-bond donors (Lipinski definition) is 2. The fourth-order valence-electron chi connectivity index (χ4n) is 5.26. The van der Waals surface area contributed by atoms with Gasteiger partial charge in [-0.3, -0.25) is 4.79 Å². The van der Waals surface area contributed by atoms with Crippen molar-refractivity contribution >= 4 is 5.91 Å². The Kier molecular flexibility index (Phi) is 7.77. The highest BCUT2D eigenvalue weighted by Gasteiger charge is 2.43. The number of carbonyl (C=O) groups is 1. The lowest BCUT2D eigenvalue weighted by Crippen LogP contribution is -2.26. The van der Waals surface area contributed by atoms with Crippen molar-refractivity contribution < 1.29 is 15.0 Å². The van der Waals surface area contributed by atoms with Gasteiger partial charge in [-0.15, -0.1) is 0 Å². The van der Waals surface area contributed by atoms with Gasteiger partial charge in [0, 0.05) is 32.9 Å². The maximum atomic E-state index is 11.7. The van der Waals surface area contributed by atoms with E-state index in [0.29, 0.717) is 24.7 Å². The first-order chi connectivity index (χ1) is 14.6. The minimum atomic E-state index is -0.931. The molecule has 0 aromatic heterocycles. The smallest absolute Gasteiger partial charge is 0.222 e. The summed E-state index contributed by atoms with van der Waals surface area (Å²) < 4.78 is 0. The van der Waals surface area contributed by atoms with Crippen molar-refractivity contribution in [2.75, 3.05) is 14.1 Å². The molecule has 0 bridgehead atoms. The second-order valence-corrected chi connectivity index (χ2v) is 10.1. The lowest BCUT2D eigenvalue weighted by Gasteiger charge is -2.23. The maximum absolute atomic E-state index is 11.7. The molecule has 4 heteroatoms. The van der Waals surface area contributed by atoms with E-state index in [4.69, 9.17) is 0 Å². The average Bonchev–Trinajstić information content (AvgIpc) is 3.19. The molecular formula is C27H39NO3. The third kappa shape index (κ3) is 6.54. The number of benzene rings is 1. The molecule has 0 unspecified atom stereocenters. The van der Waals surface area contributed by atoms with Gasteiger partial charge >= 0.3 is 0 Å². The highest BCUT2D eigenvalue weighted by Crippen LogP contribution is 2.48. The van der Waals surface area contributed by atoms with Crippen LogP contribution < -0.4 is 0 Å². The molecule has 2 aliphatic carbocycles. The van der Waals surface area contributed by atoms with E-state index in [0.717, 1.165) is 37.7 Å². The molecule has 170 valence electrons. The van der Waals surface area contributed by atoms with E-state index in [1.165, 1.54) is 11.1 Å². The minimum Gasteiger partial charge on any atom is -0.392 e. The molecule has 2 aliphatic rings. The van der Waals surface area contributed by atoms with E-state index >= 15 is 0 Å². The summed E-state index contributed by atoms with van der Waals surface area (Å²) in [4.78, 5) is 13.4. The summed E-state index contributed by atoms with van der Waals surface area (Å²) in [6, 6.07) is 8.25. The molecule has 0 spiro atoms. The largest absolute Gasteiger partial charge is 0.392 e. The Labute approximate surface area is 187 Å². The van der Waals surface area contributed by atoms with Gasteiger partial charge in [-0.2, -0.15) is 0 Å². The van der Waals surface area contributed by atoms with Crippen LogP contribution in [0.4, 0.5) is 0 Å². The zero-order valence-electron chi connectivity index (χ0n) is 19.6. The van der Waals surface area contributed by atoms with Gasteiger partial charge in [-0.25, -0.2) is 0 Å². The fourth-order valence-corrected chi connectivity index (χ4v) is 5.26. The highest BCUT2D eigenvalue weighted by atomic mass is 16.3.